The van der Waals surface area contributed by atoms with Crippen LogP contribution >= 0.6 is 11.6 Å². The third-order valence-electron chi connectivity index (χ3n) is 6.15. The van der Waals surface area contributed by atoms with Crippen LogP contribution in [0.15, 0.2) is 59.5 Å². The van der Waals surface area contributed by atoms with Crippen LogP contribution in [0.2, 0.25) is 5.02 Å². The van der Waals surface area contributed by atoms with Crippen molar-refractivity contribution in [2.75, 3.05) is 11.4 Å². The van der Waals surface area contributed by atoms with Crippen LogP contribution in [0.1, 0.15) is 30.0 Å². The van der Waals surface area contributed by atoms with Crippen molar-refractivity contribution in [1.82, 2.24) is 4.72 Å². The maximum absolute atomic E-state index is 13.0. The Morgan fingerprint density at radius 3 is 2.61 bits per heavy atom. The molecule has 31 heavy (non-hydrogen) atoms. The molecule has 0 spiro atoms. The maximum Gasteiger partial charge on any atom is 0.245 e. The van der Waals surface area contributed by atoms with Crippen LogP contribution in [0.5, 0.6) is 0 Å². The first-order chi connectivity index (χ1) is 14.8. The van der Waals surface area contributed by atoms with E-state index in [4.69, 9.17) is 17.3 Å². The molecular formula is C23H22ClN3O3S. The quantitative estimate of drug-likeness (QED) is 0.629. The molecule has 3 N–H and O–H groups in total. The summed E-state index contributed by atoms with van der Waals surface area (Å²) in [5.74, 6) is -0.238. The molecule has 0 aromatic heterocycles. The molecule has 0 radical (unpaired) electrons. The zero-order valence-electron chi connectivity index (χ0n) is 16.7. The standard InChI is InChI=1S/C23H22ClN3O3S/c24-17-4-1-15-13-19(6-2-14(15)11-17)31(29,30)26-22-9-10-27(23(22)28)18-5-7-20-16(12-18)3-8-21(20)25/h1-2,4-7,11-13,21-22,26H,3,8-10,25H2/t21?,22-/m0/s1. The highest BCUT2D eigenvalue weighted by Gasteiger charge is 2.36. The number of nitrogens with zero attached hydrogens (tertiary/aromatic N) is 1. The topological polar surface area (TPSA) is 92.5 Å². The summed E-state index contributed by atoms with van der Waals surface area (Å²) in [6.07, 6.45) is 2.22. The van der Waals surface area contributed by atoms with Gasteiger partial charge in [-0.15, -0.1) is 0 Å². The predicted octanol–water partition coefficient (Wildman–Crippen LogP) is 3.52. The maximum atomic E-state index is 13.0. The summed E-state index contributed by atoms with van der Waals surface area (Å²) in [7, 11) is -3.85. The monoisotopic (exact) mass is 455 g/mol. The fraction of sp³-hybridized carbons (Fsp3) is 0.261. The smallest absolute Gasteiger partial charge is 0.245 e. The summed E-state index contributed by atoms with van der Waals surface area (Å²) in [6, 6.07) is 15.3. The van der Waals surface area contributed by atoms with Crippen LogP contribution in [0, 0.1) is 0 Å². The van der Waals surface area contributed by atoms with Crippen molar-refractivity contribution in [3.05, 3.63) is 70.7 Å². The van der Waals surface area contributed by atoms with Gasteiger partial charge in [-0.25, -0.2) is 8.42 Å². The number of rotatable bonds is 4. The Morgan fingerprint density at radius 2 is 1.77 bits per heavy atom. The lowest BCUT2D eigenvalue weighted by Crippen LogP contribution is -2.41. The number of nitrogens with two attached hydrogens (primary N) is 1. The number of carbonyl (C=O) groups is 1. The van der Waals surface area contributed by atoms with Gasteiger partial charge in [0.05, 0.1) is 4.90 Å². The van der Waals surface area contributed by atoms with Gasteiger partial charge >= 0.3 is 0 Å². The average molecular weight is 456 g/mol. The van der Waals surface area contributed by atoms with E-state index in [0.29, 0.717) is 18.0 Å². The molecule has 6 nitrogen and oxygen atoms in total. The minimum Gasteiger partial charge on any atom is -0.324 e. The molecular weight excluding hydrogens is 434 g/mol. The summed E-state index contributed by atoms with van der Waals surface area (Å²) in [5.41, 5.74) is 9.19. The van der Waals surface area contributed by atoms with Crippen molar-refractivity contribution in [2.24, 2.45) is 5.73 Å². The Morgan fingerprint density at radius 1 is 1.00 bits per heavy atom. The van der Waals surface area contributed by atoms with Crippen LogP contribution < -0.4 is 15.4 Å². The number of anilines is 1. The molecule has 1 unspecified atom stereocenters. The number of halogens is 1. The highest BCUT2D eigenvalue weighted by Crippen LogP contribution is 2.33. The van der Waals surface area contributed by atoms with Gasteiger partial charge in [0, 0.05) is 23.3 Å². The van der Waals surface area contributed by atoms with Crippen molar-refractivity contribution in [2.45, 2.75) is 36.2 Å². The van der Waals surface area contributed by atoms with Crippen LogP contribution in [0.3, 0.4) is 0 Å². The van der Waals surface area contributed by atoms with Crippen molar-refractivity contribution < 1.29 is 13.2 Å². The van der Waals surface area contributed by atoms with E-state index in [0.717, 1.165) is 40.4 Å². The van der Waals surface area contributed by atoms with Crippen LogP contribution in [0.4, 0.5) is 5.69 Å². The van der Waals surface area contributed by atoms with Gasteiger partial charge < -0.3 is 10.6 Å². The lowest BCUT2D eigenvalue weighted by atomic mass is 10.1. The summed E-state index contributed by atoms with van der Waals surface area (Å²) in [5, 5.41) is 2.21. The van der Waals surface area contributed by atoms with Gasteiger partial charge in [-0.1, -0.05) is 29.8 Å². The van der Waals surface area contributed by atoms with Crippen molar-refractivity contribution in [1.29, 1.82) is 0 Å². The van der Waals surface area contributed by atoms with E-state index in [2.05, 4.69) is 4.72 Å². The summed E-state index contributed by atoms with van der Waals surface area (Å²) >= 11 is 6.00. The molecule has 1 amide bonds. The molecule has 160 valence electrons. The number of aryl methyl sites for hydroxylation is 1. The van der Waals surface area contributed by atoms with Gasteiger partial charge in [0.1, 0.15) is 6.04 Å². The second kappa shape index (κ2) is 7.60. The van der Waals surface area contributed by atoms with Gasteiger partial charge in [-0.2, -0.15) is 4.72 Å². The molecule has 1 heterocycles. The number of hydrogen-bond acceptors (Lipinski definition) is 4. The number of hydrogen-bond donors (Lipinski definition) is 2. The van der Waals surface area contributed by atoms with E-state index in [-0.39, 0.29) is 16.8 Å². The third kappa shape index (κ3) is 3.72. The lowest BCUT2D eigenvalue weighted by molar-refractivity contribution is -0.118. The highest BCUT2D eigenvalue weighted by atomic mass is 35.5. The molecule has 0 saturated carbocycles. The second-order valence-corrected chi connectivity index (χ2v) is 10.3. The second-order valence-electron chi connectivity index (χ2n) is 8.13. The van der Waals surface area contributed by atoms with Gasteiger partial charge in [0.15, 0.2) is 0 Å². The first kappa shape index (κ1) is 20.5. The van der Waals surface area contributed by atoms with Crippen molar-refractivity contribution in [3.8, 4) is 0 Å². The molecule has 3 aromatic carbocycles. The van der Waals surface area contributed by atoms with E-state index < -0.39 is 16.1 Å². The zero-order chi connectivity index (χ0) is 21.8. The number of carbonyl (C=O) groups excluding carboxylic acids is 1. The van der Waals surface area contributed by atoms with Crippen molar-refractivity contribution >= 4 is 44.0 Å². The molecule has 0 bridgehead atoms. The minimum absolute atomic E-state index is 0.0517. The first-order valence-electron chi connectivity index (χ1n) is 10.2. The zero-order valence-corrected chi connectivity index (χ0v) is 18.3. The van der Waals surface area contributed by atoms with E-state index >= 15 is 0 Å². The van der Waals surface area contributed by atoms with Gasteiger partial charge in [-0.3, -0.25) is 4.79 Å². The number of benzene rings is 3. The van der Waals surface area contributed by atoms with Crippen molar-refractivity contribution in [3.63, 3.8) is 0 Å². The fourth-order valence-electron chi connectivity index (χ4n) is 4.47. The molecule has 1 aliphatic carbocycles. The Bertz CT molecular complexity index is 1310. The number of fused-ring (bicyclic) bond motifs is 2. The van der Waals surface area contributed by atoms with E-state index in [1.54, 1.807) is 35.2 Å². The largest absolute Gasteiger partial charge is 0.324 e. The van der Waals surface area contributed by atoms with E-state index in [9.17, 15) is 13.2 Å². The van der Waals surface area contributed by atoms with E-state index in [1.165, 1.54) is 6.07 Å². The minimum atomic E-state index is -3.85. The Balaban J connectivity index is 1.36. The molecule has 5 rings (SSSR count). The van der Waals surface area contributed by atoms with Gasteiger partial charge in [-0.05, 0) is 77.6 Å². The predicted molar refractivity (Wildman–Crippen MR) is 122 cm³/mol. The lowest BCUT2D eigenvalue weighted by Gasteiger charge is -2.19. The summed E-state index contributed by atoms with van der Waals surface area (Å²) in [4.78, 5) is 14.8. The average Bonchev–Trinajstić information content (AvgIpc) is 3.29. The third-order valence-corrected chi connectivity index (χ3v) is 7.85. The highest BCUT2D eigenvalue weighted by molar-refractivity contribution is 7.89. The van der Waals surface area contributed by atoms with Crippen LogP contribution in [-0.4, -0.2) is 26.9 Å². The molecule has 1 saturated heterocycles. The van der Waals surface area contributed by atoms with Crippen LogP contribution in [-0.2, 0) is 21.2 Å². The molecule has 1 fully saturated rings. The Kier molecular flexibility index (Phi) is 5.01. The number of amides is 1. The summed E-state index contributed by atoms with van der Waals surface area (Å²) < 4.78 is 28.5. The molecule has 1 aliphatic heterocycles. The van der Waals surface area contributed by atoms with Gasteiger partial charge in [0.2, 0.25) is 15.9 Å². The summed E-state index contributed by atoms with van der Waals surface area (Å²) in [6.45, 7) is 0.465. The van der Waals surface area contributed by atoms with Crippen LogP contribution in [0.25, 0.3) is 10.8 Å². The molecule has 2 aliphatic rings. The molecule has 3 aromatic rings. The number of nitrogens with one attached hydrogen (secondary N) is 1. The van der Waals surface area contributed by atoms with Gasteiger partial charge in [0.25, 0.3) is 0 Å². The SMILES string of the molecule is NC1CCc2cc(N3CC[C@H](NS(=O)(=O)c4ccc5cc(Cl)ccc5c4)C3=O)ccc21. The molecule has 8 heteroatoms. The Hall–Kier alpha value is -2.45. The molecule has 2 atom stereocenters. The first-order valence-corrected chi connectivity index (χ1v) is 12.1. The number of sulfonamides is 1. The Labute approximate surface area is 186 Å². The fourth-order valence-corrected chi connectivity index (χ4v) is 5.91. The van der Waals surface area contributed by atoms with E-state index in [1.807, 2.05) is 18.2 Å². The normalized spacial score (nSPS) is 21.1.